The summed E-state index contributed by atoms with van der Waals surface area (Å²) < 4.78 is 92.7. The molecule has 7 nitrogen and oxygen atoms in total. The highest BCUT2D eigenvalue weighted by atomic mass is 19.4. The van der Waals surface area contributed by atoms with Gasteiger partial charge in [0.05, 0.1) is 11.1 Å². The SMILES string of the molecule is Cc1onc(-c2ccc(OC(F)(F)F)cc2)c1C(=O)c1c(-c2ccc(OC(F)(F)F)cc2)noc1C. The third kappa shape index (κ3) is 5.34. The first-order valence-electron chi connectivity index (χ1n) is 10.0. The van der Waals surface area contributed by atoms with E-state index in [1.165, 1.54) is 38.1 Å². The average Bonchev–Trinajstić information content (AvgIpc) is 3.35. The predicted octanol–water partition coefficient (Wildman–Crippen LogP) is 6.64. The van der Waals surface area contributed by atoms with E-state index in [9.17, 15) is 31.1 Å². The van der Waals surface area contributed by atoms with Gasteiger partial charge in [-0.15, -0.1) is 26.3 Å². The molecule has 0 radical (unpaired) electrons. The monoisotopic (exact) mass is 512 g/mol. The molecule has 2 heterocycles. The lowest BCUT2D eigenvalue weighted by molar-refractivity contribution is -0.275. The van der Waals surface area contributed by atoms with Crippen molar-refractivity contribution in [3.63, 3.8) is 0 Å². The number of nitrogens with zero attached hydrogens (tertiary/aromatic N) is 2. The third-order valence-electron chi connectivity index (χ3n) is 4.90. The maximum Gasteiger partial charge on any atom is 0.573 e. The summed E-state index contributed by atoms with van der Waals surface area (Å²) in [4.78, 5) is 13.6. The van der Waals surface area contributed by atoms with Gasteiger partial charge in [-0.25, -0.2) is 0 Å². The van der Waals surface area contributed by atoms with Crippen LogP contribution in [-0.4, -0.2) is 28.8 Å². The van der Waals surface area contributed by atoms with E-state index in [2.05, 4.69) is 19.8 Å². The Kier molecular flexibility index (Phi) is 6.24. The van der Waals surface area contributed by atoms with Crippen LogP contribution in [0.4, 0.5) is 26.3 Å². The molecular weight excluding hydrogens is 498 g/mol. The third-order valence-corrected chi connectivity index (χ3v) is 4.90. The molecule has 188 valence electrons. The standard InChI is InChI=1S/C23H14F6N2O5/c1-11-17(19(30-35-11)13-3-7-15(8-4-13)33-22(24,25)26)21(32)18-12(2)36-31-20(18)14-5-9-16(10-6-14)34-23(27,28)29/h3-10H,1-2H3. The fraction of sp³-hybridized carbons (Fsp3) is 0.174. The molecule has 2 aromatic heterocycles. The first-order chi connectivity index (χ1) is 16.8. The van der Waals surface area contributed by atoms with Crippen LogP contribution in [0.2, 0.25) is 0 Å². The summed E-state index contributed by atoms with van der Waals surface area (Å²) in [5.74, 6) is -1.31. The van der Waals surface area contributed by atoms with Crippen LogP contribution >= 0.6 is 0 Å². The maximum absolute atomic E-state index is 13.6. The second-order valence-corrected chi connectivity index (χ2v) is 7.40. The number of carbonyl (C=O) groups is 1. The fourth-order valence-corrected chi connectivity index (χ4v) is 3.43. The number of ketones is 1. The molecule has 0 bridgehead atoms. The summed E-state index contributed by atoms with van der Waals surface area (Å²) >= 11 is 0. The molecule has 0 fully saturated rings. The highest BCUT2D eigenvalue weighted by Crippen LogP contribution is 2.34. The Morgan fingerprint density at radius 3 is 1.31 bits per heavy atom. The van der Waals surface area contributed by atoms with Gasteiger partial charge in [-0.1, -0.05) is 10.3 Å². The summed E-state index contributed by atoms with van der Waals surface area (Å²) in [6, 6.07) is 9.32. The summed E-state index contributed by atoms with van der Waals surface area (Å²) in [6.07, 6.45) is -9.74. The largest absolute Gasteiger partial charge is 0.573 e. The number of carbonyl (C=O) groups excluding carboxylic acids is 1. The highest BCUT2D eigenvalue weighted by Gasteiger charge is 2.33. The Morgan fingerprint density at radius 1 is 0.667 bits per heavy atom. The molecule has 0 saturated carbocycles. The molecule has 13 heteroatoms. The zero-order chi connectivity index (χ0) is 26.3. The molecule has 0 atom stereocenters. The molecule has 0 unspecified atom stereocenters. The van der Waals surface area contributed by atoms with E-state index in [-0.39, 0.29) is 45.2 Å². The van der Waals surface area contributed by atoms with Crippen molar-refractivity contribution in [2.24, 2.45) is 0 Å². The predicted molar refractivity (Wildman–Crippen MR) is 110 cm³/mol. The average molecular weight is 512 g/mol. The summed E-state index contributed by atoms with van der Waals surface area (Å²) in [5, 5.41) is 7.73. The molecular formula is C23H14F6N2O5. The van der Waals surface area contributed by atoms with Gasteiger partial charge >= 0.3 is 12.7 Å². The van der Waals surface area contributed by atoms with Gasteiger partial charge in [0.1, 0.15) is 34.4 Å². The number of rotatable bonds is 6. The van der Waals surface area contributed by atoms with Crippen LogP contribution in [0, 0.1) is 13.8 Å². The Bertz CT molecular complexity index is 1280. The van der Waals surface area contributed by atoms with Gasteiger partial charge in [-0.2, -0.15) is 0 Å². The van der Waals surface area contributed by atoms with Crippen molar-refractivity contribution in [1.82, 2.24) is 10.3 Å². The maximum atomic E-state index is 13.6. The summed E-state index contributed by atoms with van der Waals surface area (Å²) in [6.45, 7) is 2.94. The molecule has 0 aliphatic rings. The quantitative estimate of drug-likeness (QED) is 0.211. The highest BCUT2D eigenvalue weighted by molar-refractivity contribution is 6.16. The molecule has 2 aromatic carbocycles. The van der Waals surface area contributed by atoms with Crippen molar-refractivity contribution < 1.29 is 49.7 Å². The van der Waals surface area contributed by atoms with Crippen molar-refractivity contribution in [2.45, 2.75) is 26.6 Å². The number of halogens is 6. The lowest BCUT2D eigenvalue weighted by atomic mass is 9.95. The molecule has 0 spiro atoms. The minimum atomic E-state index is -4.87. The fourth-order valence-electron chi connectivity index (χ4n) is 3.43. The van der Waals surface area contributed by atoms with Crippen LogP contribution in [0.15, 0.2) is 57.6 Å². The van der Waals surface area contributed by atoms with Gasteiger partial charge in [-0.3, -0.25) is 4.79 Å². The van der Waals surface area contributed by atoms with E-state index in [0.717, 1.165) is 24.3 Å². The van der Waals surface area contributed by atoms with Crippen LogP contribution < -0.4 is 9.47 Å². The zero-order valence-electron chi connectivity index (χ0n) is 18.3. The normalized spacial score (nSPS) is 12.0. The van der Waals surface area contributed by atoms with Crippen LogP contribution in [0.25, 0.3) is 22.5 Å². The van der Waals surface area contributed by atoms with Crippen LogP contribution in [0.3, 0.4) is 0 Å². The van der Waals surface area contributed by atoms with Crippen molar-refractivity contribution >= 4 is 5.78 Å². The molecule has 0 N–H and O–H groups in total. The number of aryl methyl sites for hydroxylation is 2. The Morgan fingerprint density at radius 2 is 1.00 bits per heavy atom. The minimum Gasteiger partial charge on any atom is -0.406 e. The molecule has 0 saturated heterocycles. The topological polar surface area (TPSA) is 87.6 Å². The summed E-state index contributed by atoms with van der Waals surface area (Å²) in [7, 11) is 0. The van der Waals surface area contributed by atoms with E-state index in [4.69, 9.17) is 9.05 Å². The molecule has 4 rings (SSSR count). The van der Waals surface area contributed by atoms with Gasteiger partial charge in [-0.05, 0) is 62.4 Å². The first-order valence-corrected chi connectivity index (χ1v) is 10.0. The van der Waals surface area contributed by atoms with E-state index < -0.39 is 30.0 Å². The second kappa shape index (κ2) is 9.06. The number of alkyl halides is 6. The van der Waals surface area contributed by atoms with Crippen LogP contribution in [-0.2, 0) is 0 Å². The second-order valence-electron chi connectivity index (χ2n) is 7.40. The Labute approximate surface area is 198 Å². The number of benzene rings is 2. The van der Waals surface area contributed by atoms with E-state index >= 15 is 0 Å². The molecule has 4 aromatic rings. The number of aromatic nitrogens is 2. The number of ether oxygens (including phenoxy) is 2. The lowest BCUT2D eigenvalue weighted by Crippen LogP contribution is -2.17. The van der Waals surface area contributed by atoms with Crippen molar-refractivity contribution in [2.75, 3.05) is 0 Å². The van der Waals surface area contributed by atoms with Gasteiger partial charge in [0.25, 0.3) is 0 Å². The van der Waals surface area contributed by atoms with Crippen molar-refractivity contribution in [3.05, 3.63) is 71.2 Å². The number of hydrogen-bond donors (Lipinski definition) is 0. The van der Waals surface area contributed by atoms with E-state index in [1.54, 1.807) is 0 Å². The molecule has 0 aliphatic carbocycles. The first kappa shape index (κ1) is 24.8. The molecule has 36 heavy (non-hydrogen) atoms. The lowest BCUT2D eigenvalue weighted by Gasteiger charge is -2.09. The van der Waals surface area contributed by atoms with Gasteiger partial charge < -0.3 is 18.5 Å². The minimum absolute atomic E-state index is 0.00376. The smallest absolute Gasteiger partial charge is 0.406 e. The Hall–Kier alpha value is -4.29. The Balaban J connectivity index is 1.69. The zero-order valence-corrected chi connectivity index (χ0v) is 18.3. The van der Waals surface area contributed by atoms with Crippen LogP contribution in [0.1, 0.15) is 27.4 Å². The number of hydrogen-bond acceptors (Lipinski definition) is 7. The molecule has 0 amide bonds. The molecule has 0 aliphatic heterocycles. The van der Waals surface area contributed by atoms with Gasteiger partial charge in [0, 0.05) is 11.1 Å². The summed E-state index contributed by atoms with van der Waals surface area (Å²) in [5.41, 5.74) is 0.657. The van der Waals surface area contributed by atoms with E-state index in [0.29, 0.717) is 0 Å². The van der Waals surface area contributed by atoms with Crippen molar-refractivity contribution in [3.8, 4) is 34.0 Å². The van der Waals surface area contributed by atoms with Gasteiger partial charge in [0.2, 0.25) is 5.78 Å². The van der Waals surface area contributed by atoms with E-state index in [1.807, 2.05) is 0 Å². The van der Waals surface area contributed by atoms with Gasteiger partial charge in [0.15, 0.2) is 0 Å². The van der Waals surface area contributed by atoms with Crippen molar-refractivity contribution in [1.29, 1.82) is 0 Å². The van der Waals surface area contributed by atoms with Crippen LogP contribution in [0.5, 0.6) is 11.5 Å².